The molecule has 2 aromatic rings. The molecule has 0 bridgehead atoms. The predicted octanol–water partition coefficient (Wildman–Crippen LogP) is 2.94. The minimum atomic E-state index is -3.59. The molecule has 8 heteroatoms. The second-order valence-electron chi connectivity index (χ2n) is 7.08. The first-order valence-electron chi connectivity index (χ1n) is 9.28. The maximum absolute atomic E-state index is 12.8. The first-order chi connectivity index (χ1) is 13.4. The fraction of sp³-hybridized carbons (Fsp3) is 0.400. The van der Waals surface area contributed by atoms with Crippen molar-refractivity contribution >= 4 is 19.7 Å². The van der Waals surface area contributed by atoms with Gasteiger partial charge < -0.3 is 9.47 Å². The van der Waals surface area contributed by atoms with Gasteiger partial charge in [-0.15, -0.1) is 0 Å². The first-order valence-corrected chi connectivity index (χ1v) is 12.4. The van der Waals surface area contributed by atoms with Gasteiger partial charge >= 0.3 is 0 Å². The largest absolute Gasteiger partial charge is 0.356 e. The molecular formula is C20H22O6S2. The van der Waals surface area contributed by atoms with E-state index in [2.05, 4.69) is 0 Å². The van der Waals surface area contributed by atoms with E-state index in [0.29, 0.717) is 12.8 Å². The summed E-state index contributed by atoms with van der Waals surface area (Å²) >= 11 is 0. The van der Waals surface area contributed by atoms with E-state index in [0.717, 1.165) is 0 Å². The molecule has 4 rings (SSSR count). The van der Waals surface area contributed by atoms with E-state index in [9.17, 15) is 16.8 Å². The summed E-state index contributed by atoms with van der Waals surface area (Å²) in [5, 5.41) is 0. The van der Waals surface area contributed by atoms with Gasteiger partial charge in [0.25, 0.3) is 0 Å². The van der Waals surface area contributed by atoms with Gasteiger partial charge in [-0.1, -0.05) is 36.4 Å². The Morgan fingerprint density at radius 3 is 1.29 bits per heavy atom. The summed E-state index contributed by atoms with van der Waals surface area (Å²) < 4.78 is 63.0. The molecule has 0 saturated carbocycles. The molecule has 2 fully saturated rings. The Labute approximate surface area is 165 Å². The van der Waals surface area contributed by atoms with Crippen LogP contribution in [-0.2, 0) is 29.1 Å². The van der Waals surface area contributed by atoms with Crippen molar-refractivity contribution in [2.75, 3.05) is 0 Å². The van der Waals surface area contributed by atoms with Gasteiger partial charge in [0.2, 0.25) is 19.7 Å². The number of hydrogen-bond donors (Lipinski definition) is 0. The fourth-order valence-corrected chi connectivity index (χ4v) is 6.94. The summed E-state index contributed by atoms with van der Waals surface area (Å²) in [6.45, 7) is 0. The van der Waals surface area contributed by atoms with Crippen LogP contribution in [-0.4, -0.2) is 39.9 Å². The van der Waals surface area contributed by atoms with Gasteiger partial charge in [0.15, 0.2) is 10.9 Å². The molecule has 0 amide bonds. The highest BCUT2D eigenvalue weighted by Gasteiger charge is 2.44. The van der Waals surface area contributed by atoms with Crippen molar-refractivity contribution in [3.05, 3.63) is 60.7 Å². The Morgan fingerprint density at radius 1 is 0.571 bits per heavy atom. The molecule has 2 aliphatic rings. The lowest BCUT2D eigenvalue weighted by atomic mass is 9.99. The van der Waals surface area contributed by atoms with Crippen LogP contribution >= 0.6 is 0 Å². The molecule has 2 heterocycles. The van der Waals surface area contributed by atoms with Crippen LogP contribution in [0.1, 0.15) is 25.7 Å². The van der Waals surface area contributed by atoms with E-state index in [-0.39, 0.29) is 22.6 Å². The second-order valence-corrected chi connectivity index (χ2v) is 11.3. The van der Waals surface area contributed by atoms with Gasteiger partial charge in [-0.05, 0) is 49.9 Å². The average Bonchev–Trinajstić information content (AvgIpc) is 2.74. The van der Waals surface area contributed by atoms with Crippen LogP contribution in [0.5, 0.6) is 0 Å². The lowest BCUT2D eigenvalue weighted by Gasteiger charge is -2.41. The predicted molar refractivity (Wildman–Crippen MR) is 103 cm³/mol. The minimum Gasteiger partial charge on any atom is -0.356 e. The van der Waals surface area contributed by atoms with Crippen LogP contribution in [0.2, 0.25) is 0 Å². The molecule has 0 aromatic heterocycles. The molecular weight excluding hydrogens is 400 g/mol. The van der Waals surface area contributed by atoms with E-state index in [4.69, 9.17) is 9.47 Å². The van der Waals surface area contributed by atoms with Crippen LogP contribution in [0.15, 0.2) is 70.5 Å². The SMILES string of the molecule is O=S(=O)(c1ccccc1)[C@@H]1CC[C@H]2O[C@H](S(=O)(=O)c3ccccc3)CC[C@H]2O1. The van der Waals surface area contributed by atoms with Gasteiger partial charge in [-0.3, -0.25) is 0 Å². The first kappa shape index (κ1) is 19.6. The molecule has 4 atom stereocenters. The number of rotatable bonds is 4. The van der Waals surface area contributed by atoms with E-state index in [1.807, 2.05) is 0 Å². The van der Waals surface area contributed by atoms with E-state index in [1.165, 1.54) is 0 Å². The average molecular weight is 423 g/mol. The Morgan fingerprint density at radius 2 is 0.929 bits per heavy atom. The third-order valence-electron chi connectivity index (χ3n) is 5.28. The Kier molecular flexibility index (Phi) is 5.30. The smallest absolute Gasteiger partial charge is 0.205 e. The third-order valence-corrected chi connectivity index (χ3v) is 9.21. The highest BCUT2D eigenvalue weighted by molar-refractivity contribution is 7.92. The van der Waals surface area contributed by atoms with Crippen molar-refractivity contribution < 1.29 is 26.3 Å². The minimum absolute atomic E-state index is 0.236. The molecule has 2 aromatic carbocycles. The second kappa shape index (κ2) is 7.59. The summed E-state index contributed by atoms with van der Waals surface area (Å²) in [6, 6.07) is 16.5. The van der Waals surface area contributed by atoms with Crippen LogP contribution in [0.3, 0.4) is 0 Å². The summed E-state index contributed by atoms with van der Waals surface area (Å²) in [5.41, 5.74) is -1.86. The van der Waals surface area contributed by atoms with Crippen LogP contribution in [0.25, 0.3) is 0 Å². The lowest BCUT2D eigenvalue weighted by Crippen LogP contribution is -2.49. The monoisotopic (exact) mass is 422 g/mol. The number of ether oxygens (including phenoxy) is 2. The normalized spacial score (nSPS) is 28.4. The van der Waals surface area contributed by atoms with Gasteiger partial charge in [0, 0.05) is 0 Å². The number of hydrogen-bond acceptors (Lipinski definition) is 6. The number of fused-ring (bicyclic) bond motifs is 1. The summed E-state index contributed by atoms with van der Waals surface area (Å²) in [7, 11) is -7.19. The molecule has 2 aliphatic heterocycles. The fourth-order valence-electron chi connectivity index (χ4n) is 3.79. The lowest BCUT2D eigenvalue weighted by molar-refractivity contribution is -0.153. The van der Waals surface area contributed by atoms with Crippen molar-refractivity contribution in [3.63, 3.8) is 0 Å². The van der Waals surface area contributed by atoms with Crippen molar-refractivity contribution in [1.82, 2.24) is 0 Å². The maximum Gasteiger partial charge on any atom is 0.205 e. The zero-order valence-corrected chi connectivity index (χ0v) is 16.8. The highest BCUT2D eigenvalue weighted by atomic mass is 32.2. The van der Waals surface area contributed by atoms with Gasteiger partial charge in [-0.25, -0.2) is 16.8 Å². The molecule has 28 heavy (non-hydrogen) atoms. The number of benzene rings is 2. The van der Waals surface area contributed by atoms with Gasteiger partial charge in [-0.2, -0.15) is 0 Å². The summed E-state index contributed by atoms with van der Waals surface area (Å²) in [4.78, 5) is 0.472. The Bertz CT molecular complexity index is 933. The molecule has 150 valence electrons. The number of sulfone groups is 2. The van der Waals surface area contributed by atoms with Crippen molar-refractivity contribution in [2.24, 2.45) is 0 Å². The Hall–Kier alpha value is -1.74. The summed E-state index contributed by atoms with van der Waals surface area (Å²) in [5.74, 6) is 0. The van der Waals surface area contributed by atoms with Crippen LogP contribution in [0.4, 0.5) is 0 Å². The molecule has 0 radical (unpaired) electrons. The molecule has 0 spiro atoms. The molecule has 2 saturated heterocycles. The topological polar surface area (TPSA) is 86.7 Å². The molecule has 6 nitrogen and oxygen atoms in total. The van der Waals surface area contributed by atoms with Crippen molar-refractivity contribution in [2.45, 2.75) is 58.6 Å². The summed E-state index contributed by atoms with van der Waals surface area (Å²) in [6.07, 6.45) is 0.608. The zero-order chi connectivity index (χ0) is 19.8. The van der Waals surface area contributed by atoms with Gasteiger partial charge in [0.05, 0.1) is 22.0 Å². The molecule has 0 unspecified atom stereocenters. The quantitative estimate of drug-likeness (QED) is 0.753. The van der Waals surface area contributed by atoms with Crippen molar-refractivity contribution in [1.29, 1.82) is 0 Å². The highest BCUT2D eigenvalue weighted by Crippen LogP contribution is 2.37. The van der Waals surface area contributed by atoms with E-state index in [1.54, 1.807) is 60.7 Å². The maximum atomic E-state index is 12.8. The standard InChI is InChI=1S/C20H22O6S2/c21-27(22,15-7-3-1-4-8-15)19-13-11-18-17(25-19)12-14-20(26-18)28(23,24)16-9-5-2-6-10-16/h1-10,17-20H,11-14H2/t17-,18-,19-,20-/m1/s1. The molecule has 0 N–H and O–H groups in total. The molecule has 0 aliphatic carbocycles. The van der Waals surface area contributed by atoms with Crippen LogP contribution in [0, 0.1) is 0 Å². The van der Waals surface area contributed by atoms with Crippen molar-refractivity contribution in [3.8, 4) is 0 Å². The van der Waals surface area contributed by atoms with E-state index >= 15 is 0 Å². The third kappa shape index (κ3) is 3.61. The Balaban J connectivity index is 1.47. The van der Waals surface area contributed by atoms with E-state index < -0.39 is 42.8 Å². The van der Waals surface area contributed by atoms with Crippen LogP contribution < -0.4 is 0 Å². The van der Waals surface area contributed by atoms with Gasteiger partial charge in [0.1, 0.15) is 0 Å². The zero-order valence-electron chi connectivity index (χ0n) is 15.2.